The highest BCUT2D eigenvalue weighted by Crippen LogP contribution is 2.28. The molecule has 106 valence electrons. The molecule has 3 N–H and O–H groups in total. The van der Waals surface area contributed by atoms with E-state index in [1.165, 1.54) is 6.08 Å². The van der Waals surface area contributed by atoms with Gasteiger partial charge >= 0.3 is 0 Å². The number of hydrogen-bond acceptors (Lipinski definition) is 5. The lowest BCUT2D eigenvalue weighted by Crippen LogP contribution is -2.25. The third-order valence-electron chi connectivity index (χ3n) is 2.90. The van der Waals surface area contributed by atoms with E-state index in [1.807, 2.05) is 20.8 Å². The minimum absolute atomic E-state index is 0.0122. The predicted octanol–water partition coefficient (Wildman–Crippen LogP) is 0.577. The summed E-state index contributed by atoms with van der Waals surface area (Å²) in [6, 6.07) is 0. The van der Waals surface area contributed by atoms with Gasteiger partial charge in [0.15, 0.2) is 5.79 Å². The molecule has 1 aliphatic rings. The van der Waals surface area contributed by atoms with E-state index >= 15 is 0 Å². The van der Waals surface area contributed by atoms with Crippen molar-refractivity contribution in [1.82, 2.24) is 0 Å². The molecule has 1 saturated heterocycles. The Bertz CT molecular complexity index is 277. The van der Waals surface area contributed by atoms with Crippen molar-refractivity contribution < 1.29 is 24.8 Å². The minimum atomic E-state index is -0.948. The molecule has 0 radical (unpaired) electrons. The number of ether oxygens (including phenoxy) is 2. The Morgan fingerprint density at radius 2 is 1.94 bits per heavy atom. The molecule has 0 amide bonds. The fraction of sp³-hybridized carbons (Fsp3) is 0.846. The summed E-state index contributed by atoms with van der Waals surface area (Å²) in [5.74, 6) is -0.616. The van der Waals surface area contributed by atoms with Crippen molar-refractivity contribution in [2.75, 3.05) is 6.61 Å². The van der Waals surface area contributed by atoms with Crippen molar-refractivity contribution in [2.45, 2.75) is 63.8 Å². The Labute approximate surface area is 108 Å². The Balaban J connectivity index is 2.44. The zero-order valence-electron chi connectivity index (χ0n) is 11.2. The lowest BCUT2D eigenvalue weighted by atomic mass is 10.1. The number of aliphatic hydroxyl groups excluding tert-OH is 3. The normalized spacial score (nSPS) is 30.8. The van der Waals surface area contributed by atoms with E-state index in [4.69, 9.17) is 14.6 Å². The summed E-state index contributed by atoms with van der Waals surface area (Å²) in [5.41, 5.74) is 0. The topological polar surface area (TPSA) is 79.2 Å². The van der Waals surface area contributed by atoms with Gasteiger partial charge in [-0.1, -0.05) is 12.2 Å². The molecule has 1 heterocycles. The number of hydrogen-bond donors (Lipinski definition) is 3. The molecule has 0 aromatic rings. The highest BCUT2D eigenvalue weighted by molar-refractivity contribution is 5.01. The molecule has 4 atom stereocenters. The van der Waals surface area contributed by atoms with Gasteiger partial charge in [-0.05, 0) is 33.6 Å². The lowest BCUT2D eigenvalue weighted by molar-refractivity contribution is -0.141. The standard InChI is InChI=1S/C13H24O5/c1-9-12(18-13(2,3)17-9)7-6-11(16)10(15)5-4-8-14/h6-7,9-12,14-16H,4-5,8H2,1-3H3/b7-6+/t9-,10+,11+,12+/m0/s1. The van der Waals surface area contributed by atoms with Gasteiger partial charge in [-0.15, -0.1) is 0 Å². The van der Waals surface area contributed by atoms with E-state index in [2.05, 4.69) is 0 Å². The molecule has 0 bridgehead atoms. The molecule has 5 heteroatoms. The van der Waals surface area contributed by atoms with Crippen LogP contribution in [0.4, 0.5) is 0 Å². The molecule has 0 spiro atoms. The van der Waals surface area contributed by atoms with Gasteiger partial charge in [0.1, 0.15) is 6.10 Å². The first-order valence-electron chi connectivity index (χ1n) is 6.36. The number of aliphatic hydroxyl groups is 3. The maximum absolute atomic E-state index is 9.71. The molecule has 0 aromatic heterocycles. The van der Waals surface area contributed by atoms with Gasteiger partial charge in [0.05, 0.1) is 18.3 Å². The zero-order chi connectivity index (χ0) is 13.8. The van der Waals surface area contributed by atoms with Gasteiger partial charge in [0.25, 0.3) is 0 Å². The van der Waals surface area contributed by atoms with Gasteiger partial charge in [-0.3, -0.25) is 0 Å². The molecule has 1 rings (SSSR count). The van der Waals surface area contributed by atoms with E-state index in [1.54, 1.807) is 6.08 Å². The summed E-state index contributed by atoms with van der Waals surface area (Å²) in [6.07, 6.45) is 1.96. The molecule has 18 heavy (non-hydrogen) atoms. The summed E-state index contributed by atoms with van der Waals surface area (Å²) in [4.78, 5) is 0. The van der Waals surface area contributed by atoms with E-state index in [0.717, 1.165) is 0 Å². The van der Waals surface area contributed by atoms with Crippen molar-refractivity contribution in [2.24, 2.45) is 0 Å². The summed E-state index contributed by atoms with van der Waals surface area (Å²) in [6.45, 7) is 5.59. The highest BCUT2D eigenvalue weighted by atomic mass is 16.7. The third kappa shape index (κ3) is 4.66. The molecular weight excluding hydrogens is 236 g/mol. The maximum Gasteiger partial charge on any atom is 0.164 e. The fourth-order valence-corrected chi connectivity index (χ4v) is 1.98. The second kappa shape index (κ2) is 6.63. The molecule has 0 saturated carbocycles. The van der Waals surface area contributed by atoms with Gasteiger partial charge in [0.2, 0.25) is 0 Å². The van der Waals surface area contributed by atoms with Crippen molar-refractivity contribution in [3.63, 3.8) is 0 Å². The Kier molecular flexibility index (Phi) is 5.75. The maximum atomic E-state index is 9.71. The van der Waals surface area contributed by atoms with Crippen LogP contribution in [0.2, 0.25) is 0 Å². The van der Waals surface area contributed by atoms with E-state index < -0.39 is 18.0 Å². The SMILES string of the molecule is C[C@@H]1OC(C)(C)O[C@@H]1/C=C/[C@@H](O)[C@H](O)CCCO. The van der Waals surface area contributed by atoms with Crippen molar-refractivity contribution in [3.8, 4) is 0 Å². The smallest absolute Gasteiger partial charge is 0.164 e. The molecule has 1 aliphatic heterocycles. The first-order valence-corrected chi connectivity index (χ1v) is 6.36. The van der Waals surface area contributed by atoms with Crippen LogP contribution in [0.5, 0.6) is 0 Å². The van der Waals surface area contributed by atoms with Crippen LogP contribution in [0.3, 0.4) is 0 Å². The predicted molar refractivity (Wildman–Crippen MR) is 67.0 cm³/mol. The highest BCUT2D eigenvalue weighted by Gasteiger charge is 2.37. The molecule has 1 fully saturated rings. The largest absolute Gasteiger partial charge is 0.396 e. The van der Waals surface area contributed by atoms with Gasteiger partial charge in [0, 0.05) is 6.61 Å². The first-order chi connectivity index (χ1) is 8.35. The Hall–Kier alpha value is -0.460. The van der Waals surface area contributed by atoms with Crippen LogP contribution in [-0.2, 0) is 9.47 Å². The molecule has 5 nitrogen and oxygen atoms in total. The number of rotatable bonds is 6. The van der Waals surface area contributed by atoms with Crippen LogP contribution in [0.1, 0.15) is 33.6 Å². The molecule has 0 unspecified atom stereocenters. The van der Waals surface area contributed by atoms with E-state index in [0.29, 0.717) is 12.8 Å². The van der Waals surface area contributed by atoms with E-state index in [-0.39, 0.29) is 18.8 Å². The Morgan fingerprint density at radius 3 is 2.44 bits per heavy atom. The first kappa shape index (κ1) is 15.6. The average Bonchev–Trinajstić information content (AvgIpc) is 2.55. The zero-order valence-corrected chi connectivity index (χ0v) is 11.2. The van der Waals surface area contributed by atoms with Crippen LogP contribution in [0.15, 0.2) is 12.2 Å². The van der Waals surface area contributed by atoms with E-state index in [9.17, 15) is 10.2 Å². The van der Waals surface area contributed by atoms with Gasteiger partial charge in [-0.2, -0.15) is 0 Å². The summed E-state index contributed by atoms with van der Waals surface area (Å²) in [5, 5.41) is 28.0. The second-order valence-corrected chi connectivity index (χ2v) is 5.11. The third-order valence-corrected chi connectivity index (χ3v) is 2.90. The molecule has 0 aromatic carbocycles. The molecule has 0 aliphatic carbocycles. The monoisotopic (exact) mass is 260 g/mol. The van der Waals surface area contributed by atoms with Gasteiger partial charge < -0.3 is 24.8 Å². The van der Waals surface area contributed by atoms with Crippen molar-refractivity contribution in [1.29, 1.82) is 0 Å². The summed E-state index contributed by atoms with van der Waals surface area (Å²) >= 11 is 0. The lowest BCUT2D eigenvalue weighted by Gasteiger charge is -2.16. The summed E-state index contributed by atoms with van der Waals surface area (Å²) < 4.78 is 11.2. The second-order valence-electron chi connectivity index (χ2n) is 5.11. The van der Waals surface area contributed by atoms with Crippen molar-refractivity contribution >= 4 is 0 Å². The van der Waals surface area contributed by atoms with Crippen molar-refractivity contribution in [3.05, 3.63) is 12.2 Å². The van der Waals surface area contributed by atoms with Crippen LogP contribution in [0, 0.1) is 0 Å². The van der Waals surface area contributed by atoms with Crippen LogP contribution in [-0.4, -0.2) is 52.1 Å². The van der Waals surface area contributed by atoms with Crippen LogP contribution in [0.25, 0.3) is 0 Å². The minimum Gasteiger partial charge on any atom is -0.396 e. The Morgan fingerprint density at radius 1 is 1.28 bits per heavy atom. The molecular formula is C13H24O5. The fourth-order valence-electron chi connectivity index (χ4n) is 1.98. The van der Waals surface area contributed by atoms with Gasteiger partial charge in [-0.25, -0.2) is 0 Å². The van der Waals surface area contributed by atoms with Crippen LogP contribution >= 0.6 is 0 Å². The summed E-state index contributed by atoms with van der Waals surface area (Å²) in [7, 11) is 0. The quantitative estimate of drug-likeness (QED) is 0.609. The average molecular weight is 260 g/mol. The van der Waals surface area contributed by atoms with Crippen LogP contribution < -0.4 is 0 Å².